The summed E-state index contributed by atoms with van der Waals surface area (Å²) in [6.45, 7) is 15.5. The van der Waals surface area contributed by atoms with E-state index in [1.54, 1.807) is 21.1 Å². The van der Waals surface area contributed by atoms with E-state index in [2.05, 4.69) is 16.0 Å². The van der Waals surface area contributed by atoms with Crippen LogP contribution in [0, 0.1) is 23.7 Å². The van der Waals surface area contributed by atoms with E-state index >= 15 is 0 Å². The Bertz CT molecular complexity index is 1010. The van der Waals surface area contributed by atoms with Gasteiger partial charge in [0.1, 0.15) is 18.1 Å². The molecule has 0 aliphatic rings. The van der Waals surface area contributed by atoms with Crippen LogP contribution < -0.4 is 16.0 Å². The molecule has 0 fully saturated rings. The van der Waals surface area contributed by atoms with Gasteiger partial charge in [0, 0.05) is 25.7 Å². The van der Waals surface area contributed by atoms with Gasteiger partial charge in [0.25, 0.3) is 0 Å². The number of amides is 4. The monoisotopic (exact) mass is 593 g/mol. The maximum absolute atomic E-state index is 13.9. The van der Waals surface area contributed by atoms with Gasteiger partial charge in [-0.2, -0.15) is 0 Å². The molecule has 0 unspecified atom stereocenters. The maximum atomic E-state index is 13.9. The van der Waals surface area contributed by atoms with Crippen molar-refractivity contribution in [2.75, 3.05) is 27.7 Å². The molecule has 0 aliphatic heterocycles. The van der Waals surface area contributed by atoms with Crippen LogP contribution in [0.25, 0.3) is 0 Å². The van der Waals surface area contributed by atoms with Gasteiger partial charge >= 0.3 is 0 Å². The van der Waals surface area contributed by atoms with Crippen LogP contribution in [0.15, 0.2) is 24.3 Å². The quantitative estimate of drug-likeness (QED) is 0.289. The number of nitrogens with one attached hydrogen (secondary N) is 3. The van der Waals surface area contributed by atoms with Crippen molar-refractivity contribution in [3.8, 4) is 0 Å². The number of carbonyl (C=O) groups excluding carboxylic acids is 4. The first-order chi connectivity index (χ1) is 19.0. The smallest absolute Gasteiger partial charge is 0.246 e. The first kappa shape index (κ1) is 36.4. The van der Waals surface area contributed by atoms with Crippen molar-refractivity contribution in [3.05, 3.63) is 34.9 Å². The van der Waals surface area contributed by atoms with E-state index in [9.17, 15) is 19.2 Å². The Morgan fingerprint density at radius 2 is 1.20 bits per heavy atom. The lowest BCUT2D eigenvalue weighted by atomic mass is 9.95. The van der Waals surface area contributed by atoms with Crippen molar-refractivity contribution in [3.63, 3.8) is 0 Å². The largest absolute Gasteiger partial charge is 0.354 e. The van der Waals surface area contributed by atoms with Gasteiger partial charge in [-0.1, -0.05) is 79.1 Å². The molecule has 0 aliphatic carbocycles. The summed E-state index contributed by atoms with van der Waals surface area (Å²) < 4.78 is 0. The third kappa shape index (κ3) is 10.3. The highest BCUT2D eigenvalue weighted by atomic mass is 35.5. The zero-order chi connectivity index (χ0) is 31.6. The van der Waals surface area contributed by atoms with Crippen LogP contribution in [0.5, 0.6) is 0 Å². The molecular weight excluding hydrogens is 542 g/mol. The van der Waals surface area contributed by atoms with Crippen LogP contribution >= 0.6 is 11.6 Å². The van der Waals surface area contributed by atoms with Crippen molar-refractivity contribution in [1.82, 2.24) is 25.8 Å². The van der Waals surface area contributed by atoms with Crippen LogP contribution in [-0.2, 0) is 25.6 Å². The Morgan fingerprint density at radius 3 is 1.63 bits per heavy atom. The average molecular weight is 594 g/mol. The first-order valence-corrected chi connectivity index (χ1v) is 15.0. The predicted octanol–water partition coefficient (Wildman–Crippen LogP) is 3.35. The molecule has 0 saturated heterocycles. The second-order valence-corrected chi connectivity index (χ2v) is 12.6. The van der Waals surface area contributed by atoms with Crippen molar-refractivity contribution < 1.29 is 19.2 Å². The van der Waals surface area contributed by atoms with Gasteiger partial charge in [-0.3, -0.25) is 19.2 Å². The van der Waals surface area contributed by atoms with Crippen LogP contribution in [0.2, 0.25) is 5.02 Å². The second-order valence-electron chi connectivity index (χ2n) is 12.2. The average Bonchev–Trinajstić information content (AvgIpc) is 2.87. The lowest BCUT2D eigenvalue weighted by Crippen LogP contribution is -2.61. The van der Waals surface area contributed by atoms with E-state index in [1.807, 2.05) is 79.7 Å². The van der Waals surface area contributed by atoms with Gasteiger partial charge in [-0.25, -0.2) is 0 Å². The molecule has 4 atom stereocenters. The number of carbonyl (C=O) groups is 4. The molecule has 10 heteroatoms. The summed E-state index contributed by atoms with van der Waals surface area (Å²) in [4.78, 5) is 56.8. The maximum Gasteiger partial charge on any atom is 0.246 e. The summed E-state index contributed by atoms with van der Waals surface area (Å²) in [7, 11) is 4.92. The summed E-state index contributed by atoms with van der Waals surface area (Å²) in [6, 6.07) is 4.65. The predicted molar refractivity (Wildman–Crippen MR) is 165 cm³/mol. The fourth-order valence-electron chi connectivity index (χ4n) is 5.14. The number of benzene rings is 1. The minimum Gasteiger partial charge on any atom is -0.354 e. The summed E-state index contributed by atoms with van der Waals surface area (Å²) in [5.41, 5.74) is 1.04. The minimum atomic E-state index is -0.820. The number of hydrogen-bond acceptors (Lipinski definition) is 5. The lowest BCUT2D eigenvalue weighted by molar-refractivity contribution is -0.151. The molecule has 3 N–H and O–H groups in total. The van der Waals surface area contributed by atoms with Crippen LogP contribution in [0.1, 0.15) is 61.0 Å². The number of likely N-dealkylation sites (N-methyl/N-ethyl adjacent to an activating group) is 3. The Labute approximate surface area is 252 Å². The van der Waals surface area contributed by atoms with Gasteiger partial charge in [-0.05, 0) is 54.8 Å². The van der Waals surface area contributed by atoms with Gasteiger partial charge in [0.2, 0.25) is 23.6 Å². The fourth-order valence-corrected chi connectivity index (χ4v) is 5.26. The number of nitrogens with zero attached hydrogens (tertiary/aromatic N) is 2. The Morgan fingerprint density at radius 1 is 0.707 bits per heavy atom. The van der Waals surface area contributed by atoms with Gasteiger partial charge < -0.3 is 25.8 Å². The van der Waals surface area contributed by atoms with Gasteiger partial charge in [0.05, 0.1) is 6.04 Å². The molecule has 0 radical (unpaired) electrons. The van der Waals surface area contributed by atoms with E-state index < -0.39 is 24.2 Å². The number of hydrogen-bond donors (Lipinski definition) is 3. The molecule has 232 valence electrons. The third-order valence-corrected chi connectivity index (χ3v) is 7.68. The molecule has 1 rings (SSSR count). The molecule has 9 nitrogen and oxygen atoms in total. The third-order valence-electron chi connectivity index (χ3n) is 7.43. The van der Waals surface area contributed by atoms with Gasteiger partial charge in [-0.15, -0.1) is 0 Å². The standard InChI is InChI=1S/C31H52ClN5O4/c1-18(2)24(33-9)28(38)35-25(19(3)4)30(40)37(11)27(21(7)8)31(41)36(10)26(20(5)6)29(39)34-17-16-22-12-14-23(32)15-13-22/h12-15,18-21,24-27,33H,16-17H2,1-11H3,(H,34,39)(H,35,38)/t24-,25-,26-,27-/m0/s1. The molecular formula is C31H52ClN5O4. The highest BCUT2D eigenvalue weighted by Crippen LogP contribution is 2.20. The Balaban J connectivity index is 3.09. The lowest BCUT2D eigenvalue weighted by Gasteiger charge is -2.39. The molecule has 0 spiro atoms. The van der Waals surface area contributed by atoms with Crippen molar-refractivity contribution in [1.29, 1.82) is 0 Å². The number of rotatable bonds is 15. The summed E-state index contributed by atoms with van der Waals surface area (Å²) in [5.74, 6) is -1.75. The molecule has 1 aromatic rings. The molecule has 0 heterocycles. The normalized spacial score (nSPS) is 14.5. The molecule has 4 amide bonds. The first-order valence-electron chi connectivity index (χ1n) is 14.6. The fraction of sp³-hybridized carbons (Fsp3) is 0.677. The van der Waals surface area contributed by atoms with Crippen molar-refractivity contribution >= 4 is 35.2 Å². The second kappa shape index (κ2) is 16.7. The SMILES string of the molecule is CN[C@H](C(=O)N[C@H](C(=O)N(C)[C@H](C(=O)N(C)[C@H](C(=O)NCCc1ccc(Cl)cc1)C(C)C)C(C)C)C(C)C)C(C)C. The molecule has 41 heavy (non-hydrogen) atoms. The van der Waals surface area contributed by atoms with Crippen molar-refractivity contribution in [2.24, 2.45) is 23.7 Å². The Kier molecular flexibility index (Phi) is 14.8. The summed E-state index contributed by atoms with van der Waals surface area (Å²) in [5, 5.41) is 9.52. The number of halogens is 1. The minimum absolute atomic E-state index is 0.0320. The summed E-state index contributed by atoms with van der Waals surface area (Å²) >= 11 is 5.96. The van der Waals surface area contributed by atoms with Gasteiger partial charge in [0.15, 0.2) is 0 Å². The molecule has 0 aromatic heterocycles. The van der Waals surface area contributed by atoms with Crippen molar-refractivity contribution in [2.45, 2.75) is 86.0 Å². The van der Waals surface area contributed by atoms with E-state index in [-0.39, 0.29) is 47.3 Å². The van der Waals surface area contributed by atoms with Crippen LogP contribution in [0.3, 0.4) is 0 Å². The van der Waals surface area contributed by atoms with E-state index in [0.29, 0.717) is 18.0 Å². The van der Waals surface area contributed by atoms with Crippen LogP contribution in [-0.4, -0.2) is 85.3 Å². The zero-order valence-corrected chi connectivity index (χ0v) is 27.5. The molecule has 0 saturated carbocycles. The molecule has 0 bridgehead atoms. The van der Waals surface area contributed by atoms with E-state index in [1.165, 1.54) is 9.80 Å². The topological polar surface area (TPSA) is 111 Å². The zero-order valence-electron chi connectivity index (χ0n) is 26.7. The summed E-state index contributed by atoms with van der Waals surface area (Å²) in [6.07, 6.45) is 0.630. The highest BCUT2D eigenvalue weighted by Gasteiger charge is 2.40. The highest BCUT2D eigenvalue weighted by molar-refractivity contribution is 6.30. The van der Waals surface area contributed by atoms with E-state index in [4.69, 9.17) is 11.6 Å². The molecule has 1 aromatic carbocycles. The van der Waals surface area contributed by atoms with Crippen LogP contribution in [0.4, 0.5) is 0 Å². The van der Waals surface area contributed by atoms with E-state index in [0.717, 1.165) is 5.56 Å². The Hall–Kier alpha value is -2.65.